The highest BCUT2D eigenvalue weighted by molar-refractivity contribution is 5.79. The fourth-order valence-corrected chi connectivity index (χ4v) is 1.80. The van der Waals surface area contributed by atoms with Gasteiger partial charge in [0.1, 0.15) is 23.5 Å². The number of nitrogens with two attached hydrogens (primary N) is 2. The van der Waals surface area contributed by atoms with Gasteiger partial charge in [-0.1, -0.05) is 6.07 Å². The molecule has 0 saturated carbocycles. The van der Waals surface area contributed by atoms with Crippen LogP contribution >= 0.6 is 0 Å². The molecule has 2 aromatic rings. The number of nitrogens with one attached hydrogen (secondary N) is 2. The molecule has 0 atom stereocenters. The van der Waals surface area contributed by atoms with Gasteiger partial charge in [0.2, 0.25) is 0 Å². The van der Waals surface area contributed by atoms with Crippen molar-refractivity contribution in [3.05, 3.63) is 34.1 Å². The first-order valence-corrected chi connectivity index (χ1v) is 6.19. The number of aldehydes is 1. The number of aromatic amines is 1. The quantitative estimate of drug-likeness (QED) is 0.357. The Morgan fingerprint density at radius 2 is 2.24 bits per heavy atom. The molecule has 0 bridgehead atoms. The molecule has 1 aromatic carbocycles. The van der Waals surface area contributed by atoms with Gasteiger partial charge in [-0.3, -0.25) is 9.59 Å². The predicted molar refractivity (Wildman–Crippen MR) is 79.1 cm³/mol. The van der Waals surface area contributed by atoms with Crippen molar-refractivity contribution < 1.29 is 9.53 Å². The second-order valence-electron chi connectivity index (χ2n) is 4.13. The van der Waals surface area contributed by atoms with Gasteiger partial charge in [0.05, 0.1) is 12.2 Å². The monoisotopic (exact) mass is 289 g/mol. The van der Waals surface area contributed by atoms with Crippen LogP contribution in [0, 0.1) is 0 Å². The van der Waals surface area contributed by atoms with E-state index < -0.39 is 5.56 Å². The number of ether oxygens (including phenoxy) is 1. The summed E-state index contributed by atoms with van der Waals surface area (Å²) in [7, 11) is 0. The second kappa shape index (κ2) is 6.06. The Hall–Kier alpha value is -2.87. The van der Waals surface area contributed by atoms with Crippen LogP contribution in [0.1, 0.15) is 17.3 Å². The van der Waals surface area contributed by atoms with Crippen molar-refractivity contribution in [2.24, 2.45) is 5.84 Å². The van der Waals surface area contributed by atoms with E-state index in [1.807, 2.05) is 6.92 Å². The van der Waals surface area contributed by atoms with Crippen LogP contribution in [0.4, 0.5) is 11.5 Å². The third kappa shape index (κ3) is 2.84. The lowest BCUT2D eigenvalue weighted by atomic mass is 10.1. The number of carbonyl (C=O) groups is 1. The van der Waals surface area contributed by atoms with E-state index >= 15 is 0 Å². The van der Waals surface area contributed by atoms with Crippen molar-refractivity contribution in [3.63, 3.8) is 0 Å². The van der Waals surface area contributed by atoms with E-state index in [4.69, 9.17) is 16.3 Å². The summed E-state index contributed by atoms with van der Waals surface area (Å²) in [4.78, 5) is 29.3. The fraction of sp³-hybridized carbons (Fsp3) is 0.154. The van der Waals surface area contributed by atoms with Gasteiger partial charge in [0.25, 0.3) is 5.56 Å². The molecule has 0 aliphatic heterocycles. The first kappa shape index (κ1) is 14.5. The van der Waals surface area contributed by atoms with Crippen LogP contribution in [-0.2, 0) is 0 Å². The maximum Gasteiger partial charge on any atom is 0.276 e. The van der Waals surface area contributed by atoms with Gasteiger partial charge in [-0.2, -0.15) is 0 Å². The van der Waals surface area contributed by atoms with Gasteiger partial charge in [0.15, 0.2) is 5.82 Å². The van der Waals surface area contributed by atoms with Crippen LogP contribution in [0.2, 0.25) is 0 Å². The molecule has 0 radical (unpaired) electrons. The average molecular weight is 289 g/mol. The zero-order valence-electron chi connectivity index (χ0n) is 11.3. The molecule has 21 heavy (non-hydrogen) atoms. The molecule has 0 amide bonds. The predicted octanol–water partition coefficient (Wildman–Crippen LogP) is 0.516. The summed E-state index contributed by atoms with van der Waals surface area (Å²) in [5, 5.41) is 0. The van der Waals surface area contributed by atoms with Gasteiger partial charge >= 0.3 is 0 Å². The summed E-state index contributed by atoms with van der Waals surface area (Å²) in [6.07, 6.45) is 0.707. The standard InChI is InChI=1S/C13H15N5O3/c1-2-21-9-5-7(6-19)3-4-8(9)11-16-12(18-15)10(14)13(20)17-11/h3-6H,2,14-15H2,1H3,(H2,16,17,18,20). The van der Waals surface area contributed by atoms with Crippen molar-refractivity contribution in [2.45, 2.75) is 6.92 Å². The molecule has 0 aliphatic rings. The van der Waals surface area contributed by atoms with Gasteiger partial charge in [-0.25, -0.2) is 10.8 Å². The van der Waals surface area contributed by atoms with E-state index in [0.29, 0.717) is 29.8 Å². The van der Waals surface area contributed by atoms with Crippen molar-refractivity contribution in [1.29, 1.82) is 0 Å². The Morgan fingerprint density at radius 1 is 1.48 bits per heavy atom. The number of hydrogen-bond donors (Lipinski definition) is 4. The van der Waals surface area contributed by atoms with Crippen LogP contribution < -0.4 is 27.3 Å². The Labute approximate surface area is 120 Å². The maximum absolute atomic E-state index is 11.8. The number of anilines is 2. The zero-order valence-corrected chi connectivity index (χ0v) is 11.3. The summed E-state index contributed by atoms with van der Waals surface area (Å²) < 4.78 is 5.47. The number of rotatable bonds is 5. The van der Waals surface area contributed by atoms with Gasteiger partial charge in [-0.15, -0.1) is 0 Å². The Morgan fingerprint density at radius 3 is 2.86 bits per heavy atom. The second-order valence-corrected chi connectivity index (χ2v) is 4.13. The molecular formula is C13H15N5O3. The number of hydrogen-bond acceptors (Lipinski definition) is 7. The van der Waals surface area contributed by atoms with Crippen molar-refractivity contribution in [1.82, 2.24) is 9.97 Å². The number of benzene rings is 1. The minimum Gasteiger partial charge on any atom is -0.493 e. The van der Waals surface area contributed by atoms with Crippen molar-refractivity contribution in [3.8, 4) is 17.1 Å². The molecule has 0 aliphatic carbocycles. The Kier molecular flexibility index (Phi) is 4.19. The number of hydrazine groups is 1. The third-order valence-corrected chi connectivity index (χ3v) is 2.79. The minimum atomic E-state index is -0.519. The lowest BCUT2D eigenvalue weighted by molar-refractivity contribution is 0.112. The first-order valence-electron chi connectivity index (χ1n) is 6.19. The molecule has 0 spiro atoms. The van der Waals surface area contributed by atoms with E-state index in [0.717, 1.165) is 0 Å². The molecule has 8 nitrogen and oxygen atoms in total. The largest absolute Gasteiger partial charge is 0.493 e. The van der Waals surface area contributed by atoms with Crippen LogP contribution in [0.5, 0.6) is 5.75 Å². The summed E-state index contributed by atoms with van der Waals surface area (Å²) in [5.74, 6) is 6.02. The topological polar surface area (TPSA) is 136 Å². The van der Waals surface area contributed by atoms with E-state index in [-0.39, 0.29) is 17.3 Å². The van der Waals surface area contributed by atoms with Crippen LogP contribution in [-0.4, -0.2) is 22.9 Å². The SMILES string of the molecule is CCOc1cc(C=O)ccc1-c1nc(NN)c(N)c(=O)[nH]1. The minimum absolute atomic E-state index is 0.0654. The number of aromatic nitrogens is 2. The molecule has 8 heteroatoms. The zero-order chi connectivity index (χ0) is 15.4. The fourth-order valence-electron chi connectivity index (χ4n) is 1.80. The number of H-pyrrole nitrogens is 1. The summed E-state index contributed by atoms with van der Waals surface area (Å²) in [5.41, 5.74) is 8.18. The van der Waals surface area contributed by atoms with E-state index in [1.165, 1.54) is 0 Å². The lowest BCUT2D eigenvalue weighted by Crippen LogP contribution is -2.20. The van der Waals surface area contributed by atoms with E-state index in [9.17, 15) is 9.59 Å². The van der Waals surface area contributed by atoms with E-state index in [2.05, 4.69) is 15.4 Å². The smallest absolute Gasteiger partial charge is 0.276 e. The molecule has 0 unspecified atom stereocenters. The molecule has 0 fully saturated rings. The number of nitrogens with zero attached hydrogens (tertiary/aromatic N) is 1. The summed E-state index contributed by atoms with van der Waals surface area (Å²) >= 11 is 0. The third-order valence-electron chi connectivity index (χ3n) is 2.79. The highest BCUT2D eigenvalue weighted by Gasteiger charge is 2.13. The molecule has 6 N–H and O–H groups in total. The molecule has 2 rings (SSSR count). The lowest BCUT2D eigenvalue weighted by Gasteiger charge is -2.11. The van der Waals surface area contributed by atoms with Gasteiger partial charge in [-0.05, 0) is 19.1 Å². The highest BCUT2D eigenvalue weighted by atomic mass is 16.5. The highest BCUT2D eigenvalue weighted by Crippen LogP contribution is 2.29. The normalized spacial score (nSPS) is 10.2. The molecule has 110 valence electrons. The van der Waals surface area contributed by atoms with Crippen LogP contribution in [0.25, 0.3) is 11.4 Å². The van der Waals surface area contributed by atoms with Crippen LogP contribution in [0.15, 0.2) is 23.0 Å². The molecule has 1 heterocycles. The van der Waals surface area contributed by atoms with E-state index in [1.54, 1.807) is 18.2 Å². The Balaban J connectivity index is 2.63. The summed E-state index contributed by atoms with van der Waals surface area (Å²) in [6, 6.07) is 4.79. The van der Waals surface area contributed by atoms with Crippen molar-refractivity contribution in [2.75, 3.05) is 17.8 Å². The molecule has 1 aromatic heterocycles. The summed E-state index contributed by atoms with van der Waals surface area (Å²) in [6.45, 7) is 2.21. The number of nitrogen functional groups attached to an aromatic ring is 2. The average Bonchev–Trinajstić information content (AvgIpc) is 2.50. The van der Waals surface area contributed by atoms with Gasteiger partial charge < -0.3 is 20.9 Å². The van der Waals surface area contributed by atoms with Crippen molar-refractivity contribution >= 4 is 17.8 Å². The molecule has 0 saturated heterocycles. The first-order chi connectivity index (χ1) is 10.1. The van der Waals surface area contributed by atoms with Gasteiger partial charge in [0, 0.05) is 5.56 Å². The molecular weight excluding hydrogens is 274 g/mol. The maximum atomic E-state index is 11.8. The van der Waals surface area contributed by atoms with Crippen LogP contribution in [0.3, 0.4) is 0 Å². The number of carbonyl (C=O) groups excluding carboxylic acids is 1. The Bertz CT molecular complexity index is 726.